The molecule has 8 heteroatoms. The lowest BCUT2D eigenvalue weighted by atomic mass is 9.96. The van der Waals surface area contributed by atoms with Crippen LogP contribution in [0.25, 0.3) is 10.6 Å². The monoisotopic (exact) mass is 370 g/mol. The molecule has 26 heavy (non-hydrogen) atoms. The van der Waals surface area contributed by atoms with Crippen LogP contribution in [0.3, 0.4) is 0 Å². The summed E-state index contributed by atoms with van der Waals surface area (Å²) < 4.78 is 5.09. The minimum atomic E-state index is -0.174. The second-order valence-electron chi connectivity index (χ2n) is 6.42. The van der Waals surface area contributed by atoms with Crippen LogP contribution in [0.15, 0.2) is 39.0 Å². The highest BCUT2D eigenvalue weighted by atomic mass is 32.1. The number of nitrogens with zero attached hydrogens (tertiary/aromatic N) is 3. The molecule has 0 unspecified atom stereocenters. The number of carbonyl (C=O) groups excluding carboxylic acids is 1. The largest absolute Gasteiger partial charge is 0.351 e. The van der Waals surface area contributed by atoms with Gasteiger partial charge in [-0.25, -0.2) is 4.98 Å². The van der Waals surface area contributed by atoms with Gasteiger partial charge in [-0.3, -0.25) is 9.59 Å². The molecule has 0 saturated carbocycles. The first-order valence-electron chi connectivity index (χ1n) is 8.48. The zero-order valence-electron chi connectivity index (χ0n) is 14.3. The number of carbonyl (C=O) groups is 1. The Hall–Kier alpha value is -2.74. The number of aryl methyl sites for hydroxylation is 1. The second kappa shape index (κ2) is 6.87. The number of likely N-dealkylation sites (tertiary alicyclic amines) is 1. The molecule has 1 amide bonds. The molecule has 1 N–H and O–H groups in total. The lowest BCUT2D eigenvalue weighted by molar-refractivity contribution is 0.0662. The molecule has 1 atom stereocenters. The number of hydrogen-bond acceptors (Lipinski definition) is 6. The smallest absolute Gasteiger partial charge is 0.292 e. The van der Waals surface area contributed by atoms with Gasteiger partial charge < -0.3 is 14.4 Å². The maximum absolute atomic E-state index is 12.6. The van der Waals surface area contributed by atoms with E-state index < -0.39 is 0 Å². The maximum Gasteiger partial charge on any atom is 0.292 e. The van der Waals surface area contributed by atoms with Crippen LogP contribution in [0.5, 0.6) is 0 Å². The number of piperidine rings is 1. The zero-order valence-corrected chi connectivity index (χ0v) is 15.1. The second-order valence-corrected chi connectivity index (χ2v) is 7.36. The third kappa shape index (κ3) is 3.32. The van der Waals surface area contributed by atoms with Gasteiger partial charge >= 0.3 is 0 Å². The normalized spacial score (nSPS) is 17.4. The quantitative estimate of drug-likeness (QED) is 0.765. The van der Waals surface area contributed by atoms with Crippen LogP contribution >= 0.6 is 11.3 Å². The Morgan fingerprint density at radius 2 is 2.31 bits per heavy atom. The Bertz CT molecular complexity index is 976. The van der Waals surface area contributed by atoms with Gasteiger partial charge in [0.15, 0.2) is 0 Å². The summed E-state index contributed by atoms with van der Waals surface area (Å²) in [7, 11) is 0. The number of aromatic amines is 1. The molecule has 0 aromatic carbocycles. The van der Waals surface area contributed by atoms with Crippen LogP contribution in [0.2, 0.25) is 0 Å². The van der Waals surface area contributed by atoms with Gasteiger partial charge in [0.25, 0.3) is 11.5 Å². The van der Waals surface area contributed by atoms with Crippen molar-refractivity contribution in [2.24, 2.45) is 0 Å². The van der Waals surface area contributed by atoms with Crippen molar-refractivity contribution >= 4 is 17.2 Å². The molecule has 1 aliphatic heterocycles. The van der Waals surface area contributed by atoms with Crippen molar-refractivity contribution in [2.45, 2.75) is 25.7 Å². The molecule has 3 aromatic heterocycles. The molecule has 4 rings (SSSR count). The van der Waals surface area contributed by atoms with Crippen molar-refractivity contribution in [2.75, 3.05) is 13.1 Å². The maximum atomic E-state index is 12.6. The highest BCUT2D eigenvalue weighted by molar-refractivity contribution is 7.13. The molecule has 0 spiro atoms. The van der Waals surface area contributed by atoms with Crippen LogP contribution in [-0.4, -0.2) is 39.0 Å². The number of amides is 1. The third-order valence-electron chi connectivity index (χ3n) is 4.47. The van der Waals surface area contributed by atoms with Crippen LogP contribution in [0.4, 0.5) is 0 Å². The number of aromatic nitrogens is 3. The van der Waals surface area contributed by atoms with Crippen LogP contribution in [-0.2, 0) is 0 Å². The van der Waals surface area contributed by atoms with Gasteiger partial charge in [0.2, 0.25) is 5.76 Å². The summed E-state index contributed by atoms with van der Waals surface area (Å²) in [4.78, 5) is 34.9. The summed E-state index contributed by atoms with van der Waals surface area (Å²) in [6.45, 7) is 2.93. The van der Waals surface area contributed by atoms with Gasteiger partial charge in [0.1, 0.15) is 5.82 Å². The minimum absolute atomic E-state index is 0.00988. The predicted molar refractivity (Wildman–Crippen MR) is 97.3 cm³/mol. The minimum Gasteiger partial charge on any atom is -0.351 e. The first-order valence-corrected chi connectivity index (χ1v) is 9.36. The highest BCUT2D eigenvalue weighted by Gasteiger charge is 2.29. The summed E-state index contributed by atoms with van der Waals surface area (Å²) in [5.41, 5.74) is 1.18. The third-order valence-corrected chi connectivity index (χ3v) is 5.36. The van der Waals surface area contributed by atoms with Crippen molar-refractivity contribution in [3.8, 4) is 10.6 Å². The topological polar surface area (TPSA) is 92.1 Å². The first kappa shape index (κ1) is 16.7. The van der Waals surface area contributed by atoms with Crippen LogP contribution < -0.4 is 5.56 Å². The molecule has 134 valence electrons. The van der Waals surface area contributed by atoms with E-state index in [0.29, 0.717) is 30.3 Å². The molecule has 4 heterocycles. The van der Waals surface area contributed by atoms with Crippen molar-refractivity contribution in [3.05, 3.63) is 57.3 Å². The summed E-state index contributed by atoms with van der Waals surface area (Å²) >= 11 is 1.55. The molecule has 1 saturated heterocycles. The molecule has 0 aliphatic carbocycles. The van der Waals surface area contributed by atoms with E-state index in [1.54, 1.807) is 29.2 Å². The Labute approximate surface area is 153 Å². The molecule has 3 aromatic rings. The van der Waals surface area contributed by atoms with E-state index in [1.165, 1.54) is 6.07 Å². The van der Waals surface area contributed by atoms with Gasteiger partial charge in [0, 0.05) is 31.1 Å². The van der Waals surface area contributed by atoms with E-state index in [2.05, 4.69) is 15.1 Å². The van der Waals surface area contributed by atoms with Crippen molar-refractivity contribution in [1.29, 1.82) is 0 Å². The molecule has 1 aliphatic rings. The van der Waals surface area contributed by atoms with E-state index in [9.17, 15) is 9.59 Å². The standard InChI is InChI=1S/C18H18N4O3S/c1-11-8-14(25-21-11)18(24)22-6-2-4-12(10-22)17-19-13(9-16(23)20-17)15-5-3-7-26-15/h3,5,7-9,12H,2,4,6,10H2,1H3,(H,19,20,23)/t12-/m0/s1. The lowest BCUT2D eigenvalue weighted by Crippen LogP contribution is -2.39. The molecule has 0 radical (unpaired) electrons. The van der Waals surface area contributed by atoms with E-state index in [4.69, 9.17) is 4.52 Å². The fourth-order valence-corrected chi connectivity index (χ4v) is 3.91. The Kier molecular flexibility index (Phi) is 4.42. The Morgan fingerprint density at radius 3 is 3.04 bits per heavy atom. The SMILES string of the molecule is Cc1cc(C(=O)N2CCC[C@H](c3nc(-c4cccs4)cc(=O)[nH]3)C2)on1. The Morgan fingerprint density at radius 1 is 1.42 bits per heavy atom. The molecular weight excluding hydrogens is 352 g/mol. The van der Waals surface area contributed by atoms with E-state index in [1.807, 2.05) is 17.5 Å². The first-order chi connectivity index (χ1) is 12.6. The number of thiophene rings is 1. The van der Waals surface area contributed by atoms with Crippen molar-refractivity contribution < 1.29 is 9.32 Å². The predicted octanol–water partition coefficient (Wildman–Crippen LogP) is 2.81. The van der Waals surface area contributed by atoms with E-state index in [0.717, 1.165) is 17.7 Å². The van der Waals surface area contributed by atoms with Gasteiger partial charge in [-0.05, 0) is 31.2 Å². The summed E-state index contributed by atoms with van der Waals surface area (Å²) in [5, 5.41) is 5.74. The van der Waals surface area contributed by atoms with Gasteiger partial charge in [-0.2, -0.15) is 0 Å². The molecule has 1 fully saturated rings. The lowest BCUT2D eigenvalue weighted by Gasteiger charge is -2.31. The summed E-state index contributed by atoms with van der Waals surface area (Å²) in [5.74, 6) is 0.695. The van der Waals surface area contributed by atoms with E-state index >= 15 is 0 Å². The number of hydrogen-bond donors (Lipinski definition) is 1. The van der Waals surface area contributed by atoms with Crippen molar-refractivity contribution in [3.63, 3.8) is 0 Å². The van der Waals surface area contributed by atoms with Crippen molar-refractivity contribution in [1.82, 2.24) is 20.0 Å². The Balaban J connectivity index is 1.58. The summed E-state index contributed by atoms with van der Waals surface area (Å²) in [6, 6.07) is 7.03. The van der Waals surface area contributed by atoms with Gasteiger partial charge in [-0.1, -0.05) is 11.2 Å². The van der Waals surface area contributed by atoms with Gasteiger partial charge in [0.05, 0.1) is 16.3 Å². The fraction of sp³-hybridized carbons (Fsp3) is 0.333. The fourth-order valence-electron chi connectivity index (χ4n) is 3.23. The number of H-pyrrole nitrogens is 1. The molecular formula is C18H18N4O3S. The van der Waals surface area contributed by atoms with Crippen LogP contribution in [0.1, 0.15) is 40.8 Å². The van der Waals surface area contributed by atoms with E-state index in [-0.39, 0.29) is 23.1 Å². The average molecular weight is 370 g/mol. The van der Waals surface area contributed by atoms with Gasteiger partial charge in [-0.15, -0.1) is 11.3 Å². The molecule has 7 nitrogen and oxygen atoms in total. The van der Waals surface area contributed by atoms with Crippen LogP contribution in [0, 0.1) is 6.92 Å². The average Bonchev–Trinajstić information content (AvgIpc) is 3.32. The number of rotatable bonds is 3. The summed E-state index contributed by atoms with van der Waals surface area (Å²) in [6.07, 6.45) is 1.71. The number of nitrogens with one attached hydrogen (secondary N) is 1. The molecule has 0 bridgehead atoms. The zero-order chi connectivity index (χ0) is 18.1. The highest BCUT2D eigenvalue weighted by Crippen LogP contribution is 2.27.